The second-order valence-corrected chi connectivity index (χ2v) is 11.9. The van der Waals surface area contributed by atoms with E-state index in [1.54, 1.807) is 30.3 Å². The number of thiazole rings is 1. The molecule has 0 saturated heterocycles. The van der Waals surface area contributed by atoms with Crippen LogP contribution in [0, 0.1) is 13.7 Å². The van der Waals surface area contributed by atoms with Gasteiger partial charge in [-0.1, -0.05) is 35.9 Å². The molecule has 0 saturated carbocycles. The normalized spacial score (nSPS) is 10.9. The summed E-state index contributed by atoms with van der Waals surface area (Å²) in [5.74, 6) is 0.641. The maximum absolute atomic E-state index is 12.7. The van der Waals surface area contributed by atoms with Crippen LogP contribution in [0.25, 0.3) is 11.3 Å². The molecule has 0 aliphatic rings. The molecule has 228 valence electrons. The zero-order chi connectivity index (χ0) is 31.8. The first-order valence-corrected chi connectivity index (χ1v) is 15.9. The van der Waals surface area contributed by atoms with Crippen molar-refractivity contribution >= 4 is 74.2 Å². The van der Waals surface area contributed by atoms with Gasteiger partial charge < -0.3 is 14.8 Å². The van der Waals surface area contributed by atoms with E-state index in [0.29, 0.717) is 39.8 Å². The minimum atomic E-state index is -0.443. The average Bonchev–Trinajstić information content (AvgIpc) is 3.50. The zero-order valence-electron chi connectivity index (χ0n) is 23.7. The number of amides is 1. The summed E-state index contributed by atoms with van der Waals surface area (Å²) in [4.78, 5) is 28.0. The Morgan fingerprint density at radius 3 is 2.60 bits per heavy atom. The molecule has 0 spiro atoms. The Morgan fingerprint density at radius 1 is 1.09 bits per heavy atom. The van der Waals surface area contributed by atoms with Crippen molar-refractivity contribution in [2.75, 3.05) is 11.9 Å². The third-order valence-corrected chi connectivity index (χ3v) is 8.07. The van der Waals surface area contributed by atoms with E-state index in [4.69, 9.17) is 21.1 Å². The number of hydrogen-bond acceptors (Lipinski definition) is 9. The third-order valence-electron chi connectivity index (χ3n) is 6.26. The van der Waals surface area contributed by atoms with Gasteiger partial charge in [-0.25, -0.2) is 10.4 Å². The fourth-order valence-electron chi connectivity index (χ4n) is 4.12. The molecule has 0 unspecified atom stereocenters. The molecule has 2 N–H and O–H groups in total. The summed E-state index contributed by atoms with van der Waals surface area (Å²) >= 11 is 9.56. The zero-order valence-corrected chi connectivity index (χ0v) is 27.4. The fourth-order valence-corrected chi connectivity index (χ4v) is 5.77. The lowest BCUT2D eigenvalue weighted by Crippen LogP contribution is -2.17. The van der Waals surface area contributed by atoms with Crippen molar-refractivity contribution in [1.82, 2.24) is 10.4 Å². The van der Waals surface area contributed by atoms with Gasteiger partial charge in [0.2, 0.25) is 0 Å². The standard InChI is InChI=1S/C32H25ClIN5O5S/c1-2-43-29-16-21(15-27(34)30(29)44-18-20-4-3-5-26(14-20)39(41)42)17-35-38-31(40)23-8-6-22(7-9-23)28-19-45-32(37-28)36-25-12-10-24(33)11-13-25/h3-17,19H,2,18H2,1H3,(H,36,37)(H,38,40)/b35-17-. The smallest absolute Gasteiger partial charge is 0.271 e. The summed E-state index contributed by atoms with van der Waals surface area (Å²) in [7, 11) is 0. The number of carbonyl (C=O) groups is 1. The molecule has 0 radical (unpaired) electrons. The number of ether oxygens (including phenoxy) is 2. The predicted octanol–water partition coefficient (Wildman–Crippen LogP) is 8.46. The van der Waals surface area contributed by atoms with Gasteiger partial charge in [0.05, 0.1) is 27.0 Å². The lowest BCUT2D eigenvalue weighted by Gasteiger charge is -2.14. The number of rotatable bonds is 12. The van der Waals surface area contributed by atoms with Gasteiger partial charge in [-0.3, -0.25) is 14.9 Å². The van der Waals surface area contributed by atoms with Gasteiger partial charge in [-0.2, -0.15) is 5.10 Å². The van der Waals surface area contributed by atoms with Crippen molar-refractivity contribution in [3.63, 3.8) is 0 Å². The van der Waals surface area contributed by atoms with Crippen LogP contribution < -0.4 is 20.2 Å². The topological polar surface area (TPSA) is 128 Å². The Balaban J connectivity index is 1.20. The average molecular weight is 754 g/mol. The van der Waals surface area contributed by atoms with Crippen LogP contribution in [0.4, 0.5) is 16.5 Å². The summed E-state index contributed by atoms with van der Waals surface area (Å²) in [6.07, 6.45) is 1.52. The van der Waals surface area contributed by atoms with Crippen LogP contribution in [0.1, 0.15) is 28.4 Å². The van der Waals surface area contributed by atoms with Crippen LogP contribution in [0.15, 0.2) is 95.4 Å². The van der Waals surface area contributed by atoms with E-state index in [-0.39, 0.29) is 18.2 Å². The molecule has 45 heavy (non-hydrogen) atoms. The summed E-state index contributed by atoms with van der Waals surface area (Å²) in [6.45, 7) is 2.39. The van der Waals surface area contributed by atoms with Crippen LogP contribution >= 0.6 is 45.5 Å². The van der Waals surface area contributed by atoms with Gasteiger partial charge in [-0.15, -0.1) is 11.3 Å². The van der Waals surface area contributed by atoms with Crippen molar-refractivity contribution in [2.24, 2.45) is 5.10 Å². The number of anilines is 2. The minimum absolute atomic E-state index is 0.00260. The second-order valence-electron chi connectivity index (χ2n) is 9.42. The van der Waals surface area contributed by atoms with E-state index in [9.17, 15) is 14.9 Å². The molecule has 10 nitrogen and oxygen atoms in total. The van der Waals surface area contributed by atoms with Crippen molar-refractivity contribution in [2.45, 2.75) is 13.5 Å². The highest BCUT2D eigenvalue weighted by Crippen LogP contribution is 2.35. The van der Waals surface area contributed by atoms with Crippen LogP contribution in [0.5, 0.6) is 11.5 Å². The first kappa shape index (κ1) is 31.9. The molecule has 0 fully saturated rings. The number of nitrogens with one attached hydrogen (secondary N) is 2. The second kappa shape index (κ2) is 15.0. The maximum Gasteiger partial charge on any atom is 0.271 e. The molecule has 0 atom stereocenters. The van der Waals surface area contributed by atoms with E-state index < -0.39 is 4.92 Å². The van der Waals surface area contributed by atoms with Gasteiger partial charge >= 0.3 is 0 Å². The summed E-state index contributed by atoms with van der Waals surface area (Å²) in [6, 6.07) is 24.4. The molecule has 0 aliphatic carbocycles. The number of hydrazone groups is 1. The van der Waals surface area contributed by atoms with Crippen LogP contribution in [0.2, 0.25) is 5.02 Å². The SMILES string of the molecule is CCOc1cc(/C=N\NC(=O)c2ccc(-c3csc(Nc4ccc(Cl)cc4)n3)cc2)cc(I)c1OCc1cccc([N+](=O)[O-])c1. The molecule has 1 amide bonds. The number of hydrogen-bond donors (Lipinski definition) is 2. The van der Waals surface area contributed by atoms with Crippen LogP contribution in [-0.2, 0) is 6.61 Å². The van der Waals surface area contributed by atoms with Gasteiger partial charge in [0.15, 0.2) is 16.6 Å². The molecule has 13 heteroatoms. The molecule has 0 aliphatic heterocycles. The van der Waals surface area contributed by atoms with Crippen molar-refractivity contribution in [1.29, 1.82) is 0 Å². The number of aromatic nitrogens is 1. The number of nitro groups is 1. The quantitative estimate of drug-likeness (QED) is 0.0567. The number of halogens is 2. The molecule has 5 rings (SSSR count). The largest absolute Gasteiger partial charge is 0.490 e. The summed E-state index contributed by atoms with van der Waals surface area (Å²) in [5, 5.41) is 21.8. The van der Waals surface area contributed by atoms with E-state index >= 15 is 0 Å². The lowest BCUT2D eigenvalue weighted by molar-refractivity contribution is -0.384. The first-order valence-electron chi connectivity index (χ1n) is 13.5. The molecule has 1 heterocycles. The molecular weight excluding hydrogens is 729 g/mol. The highest BCUT2D eigenvalue weighted by molar-refractivity contribution is 14.1. The number of carbonyl (C=O) groups excluding carboxylic acids is 1. The highest BCUT2D eigenvalue weighted by Gasteiger charge is 2.14. The molecule has 4 aromatic carbocycles. The Labute approximate surface area is 281 Å². The fraction of sp³-hybridized carbons (Fsp3) is 0.0938. The van der Waals surface area contributed by atoms with E-state index in [2.05, 4.69) is 43.4 Å². The predicted molar refractivity (Wildman–Crippen MR) is 185 cm³/mol. The summed E-state index contributed by atoms with van der Waals surface area (Å²) in [5.41, 5.74) is 6.90. The number of nitrogens with zero attached hydrogens (tertiary/aromatic N) is 3. The number of nitro benzene ring substituents is 1. The first-order chi connectivity index (χ1) is 21.8. The Kier molecular flexibility index (Phi) is 10.6. The van der Waals surface area contributed by atoms with Crippen LogP contribution in [-0.4, -0.2) is 28.6 Å². The van der Waals surface area contributed by atoms with E-state index in [0.717, 1.165) is 25.6 Å². The minimum Gasteiger partial charge on any atom is -0.490 e. The number of benzene rings is 4. The highest BCUT2D eigenvalue weighted by atomic mass is 127. The number of non-ortho nitro benzene ring substituents is 1. The van der Waals surface area contributed by atoms with Gasteiger partial charge in [0, 0.05) is 39.3 Å². The Hall–Kier alpha value is -4.53. The van der Waals surface area contributed by atoms with E-state index in [1.807, 2.05) is 54.8 Å². The molecular formula is C32H25ClIN5O5S. The monoisotopic (exact) mass is 753 g/mol. The van der Waals surface area contributed by atoms with Gasteiger partial charge in [0.25, 0.3) is 11.6 Å². The van der Waals surface area contributed by atoms with Crippen molar-refractivity contribution in [3.8, 4) is 22.8 Å². The Bertz CT molecular complexity index is 1850. The maximum atomic E-state index is 12.7. The lowest BCUT2D eigenvalue weighted by atomic mass is 10.1. The molecule has 5 aromatic rings. The molecule has 0 bridgehead atoms. The van der Waals surface area contributed by atoms with Gasteiger partial charge in [-0.05, 0) is 89.2 Å². The van der Waals surface area contributed by atoms with Crippen LogP contribution in [0.3, 0.4) is 0 Å². The third kappa shape index (κ3) is 8.56. The Morgan fingerprint density at radius 2 is 1.87 bits per heavy atom. The van der Waals surface area contributed by atoms with Crippen molar-refractivity contribution in [3.05, 3.63) is 126 Å². The molecule has 1 aromatic heterocycles. The van der Waals surface area contributed by atoms with Gasteiger partial charge in [0.1, 0.15) is 6.61 Å². The summed E-state index contributed by atoms with van der Waals surface area (Å²) < 4.78 is 12.5. The van der Waals surface area contributed by atoms with E-state index in [1.165, 1.54) is 29.7 Å². The van der Waals surface area contributed by atoms with Crippen molar-refractivity contribution < 1.29 is 19.2 Å².